The van der Waals surface area contributed by atoms with Crippen molar-refractivity contribution in [3.63, 3.8) is 0 Å². The highest BCUT2D eigenvalue weighted by molar-refractivity contribution is 7.99. The summed E-state index contributed by atoms with van der Waals surface area (Å²) in [5.74, 6) is 0.290. The fourth-order valence-electron chi connectivity index (χ4n) is 2.09. The maximum absolute atomic E-state index is 12.0. The zero-order valence-corrected chi connectivity index (χ0v) is 14.5. The monoisotopic (exact) mass is 334 g/mol. The first-order valence-corrected chi connectivity index (χ1v) is 8.45. The van der Waals surface area contributed by atoms with Crippen LogP contribution in [-0.4, -0.2) is 33.5 Å². The average molecular weight is 334 g/mol. The minimum atomic E-state index is -0.0273. The molecule has 0 saturated carbocycles. The number of aromatic nitrogens is 3. The van der Waals surface area contributed by atoms with Gasteiger partial charge in [-0.05, 0) is 25.0 Å². The van der Waals surface area contributed by atoms with Gasteiger partial charge in [0.1, 0.15) is 6.33 Å². The van der Waals surface area contributed by atoms with E-state index in [9.17, 15) is 4.79 Å². The number of amides is 1. The number of benzene rings is 1. The summed E-state index contributed by atoms with van der Waals surface area (Å²) < 4.78 is 7.12. The van der Waals surface area contributed by atoms with Gasteiger partial charge in [0.05, 0.1) is 12.4 Å². The Bertz CT molecular complexity index is 643. The van der Waals surface area contributed by atoms with Crippen molar-refractivity contribution in [2.75, 3.05) is 12.9 Å². The molecule has 1 aromatic heterocycles. The Hall–Kier alpha value is -1.86. The molecule has 1 aromatic carbocycles. The molecule has 1 N–H and O–H groups in total. The van der Waals surface area contributed by atoms with Crippen LogP contribution in [-0.2, 0) is 22.7 Å². The first-order chi connectivity index (χ1) is 11.1. The Morgan fingerprint density at radius 3 is 2.78 bits per heavy atom. The summed E-state index contributed by atoms with van der Waals surface area (Å²) in [6.45, 7) is 5.15. The van der Waals surface area contributed by atoms with Crippen LogP contribution in [0.4, 0.5) is 0 Å². The number of methoxy groups -OCH3 is 1. The molecule has 2 aromatic rings. The normalized spacial score (nSPS) is 11.0. The molecule has 2 rings (SSSR count). The topological polar surface area (TPSA) is 69.0 Å². The maximum Gasteiger partial charge on any atom is 0.230 e. The smallest absolute Gasteiger partial charge is 0.230 e. The van der Waals surface area contributed by atoms with Crippen LogP contribution in [0.3, 0.4) is 0 Å². The second-order valence-electron chi connectivity index (χ2n) is 5.38. The summed E-state index contributed by atoms with van der Waals surface area (Å²) in [4.78, 5) is 12.0. The Balaban J connectivity index is 1.85. The fraction of sp³-hybridized carbons (Fsp3) is 0.438. The molecule has 1 amide bonds. The van der Waals surface area contributed by atoms with Gasteiger partial charge in [-0.2, -0.15) is 0 Å². The van der Waals surface area contributed by atoms with E-state index in [2.05, 4.69) is 29.4 Å². The summed E-state index contributed by atoms with van der Waals surface area (Å²) in [6.07, 6.45) is 1.69. The molecule has 0 unspecified atom stereocenters. The third kappa shape index (κ3) is 5.07. The molecule has 0 spiro atoms. The SMILES string of the molecule is COCc1ccccc1CNC(=O)CSc1nncn1C(C)C. The lowest BCUT2D eigenvalue weighted by atomic mass is 10.1. The van der Waals surface area contributed by atoms with Crippen LogP contribution in [0.2, 0.25) is 0 Å². The number of carbonyl (C=O) groups excluding carboxylic acids is 1. The van der Waals surface area contributed by atoms with Gasteiger partial charge in [-0.15, -0.1) is 10.2 Å². The highest BCUT2D eigenvalue weighted by Crippen LogP contribution is 2.18. The second-order valence-corrected chi connectivity index (χ2v) is 6.32. The van der Waals surface area contributed by atoms with Crippen molar-refractivity contribution in [2.45, 2.75) is 38.2 Å². The number of rotatable bonds is 8. The maximum atomic E-state index is 12.0. The number of ether oxygens (including phenoxy) is 1. The van der Waals surface area contributed by atoms with Crippen molar-refractivity contribution < 1.29 is 9.53 Å². The van der Waals surface area contributed by atoms with E-state index in [0.717, 1.165) is 16.3 Å². The van der Waals surface area contributed by atoms with Crippen LogP contribution in [0.5, 0.6) is 0 Å². The molecule has 124 valence electrons. The van der Waals surface area contributed by atoms with Gasteiger partial charge in [-0.3, -0.25) is 4.79 Å². The van der Waals surface area contributed by atoms with Gasteiger partial charge < -0.3 is 14.6 Å². The minimum absolute atomic E-state index is 0.0273. The van der Waals surface area contributed by atoms with Crippen molar-refractivity contribution in [1.29, 1.82) is 0 Å². The van der Waals surface area contributed by atoms with Crippen LogP contribution in [0, 0.1) is 0 Å². The summed E-state index contributed by atoms with van der Waals surface area (Å²) in [7, 11) is 1.66. The molecule has 0 aliphatic heterocycles. The van der Waals surface area contributed by atoms with Gasteiger partial charge in [-0.1, -0.05) is 36.0 Å². The third-order valence-corrected chi connectivity index (χ3v) is 4.28. The Morgan fingerprint density at radius 2 is 2.09 bits per heavy atom. The Morgan fingerprint density at radius 1 is 1.35 bits per heavy atom. The van der Waals surface area contributed by atoms with E-state index in [1.165, 1.54) is 11.8 Å². The summed E-state index contributed by atoms with van der Waals surface area (Å²) in [6, 6.07) is 8.20. The van der Waals surface area contributed by atoms with Crippen LogP contribution in [0.25, 0.3) is 0 Å². The Labute approximate surface area is 140 Å². The predicted molar refractivity (Wildman–Crippen MR) is 90.1 cm³/mol. The highest BCUT2D eigenvalue weighted by Gasteiger charge is 2.11. The van der Waals surface area contributed by atoms with Crippen molar-refractivity contribution >= 4 is 17.7 Å². The molecule has 0 atom stereocenters. The Kier molecular flexibility index (Phi) is 6.61. The highest BCUT2D eigenvalue weighted by atomic mass is 32.2. The largest absolute Gasteiger partial charge is 0.380 e. The first-order valence-electron chi connectivity index (χ1n) is 7.46. The van der Waals surface area contributed by atoms with Gasteiger partial charge >= 0.3 is 0 Å². The number of nitrogens with one attached hydrogen (secondary N) is 1. The summed E-state index contributed by atoms with van der Waals surface area (Å²) >= 11 is 1.39. The number of nitrogens with zero attached hydrogens (tertiary/aromatic N) is 3. The van der Waals surface area contributed by atoms with Gasteiger partial charge in [0.15, 0.2) is 5.16 Å². The predicted octanol–water partition coefficient (Wildman–Crippen LogP) is 2.41. The number of carbonyl (C=O) groups is 1. The van der Waals surface area contributed by atoms with Gasteiger partial charge in [-0.25, -0.2) is 0 Å². The fourth-order valence-corrected chi connectivity index (χ4v) is 2.96. The van der Waals surface area contributed by atoms with Crippen molar-refractivity contribution in [3.8, 4) is 0 Å². The van der Waals surface area contributed by atoms with Gasteiger partial charge in [0.25, 0.3) is 0 Å². The quantitative estimate of drug-likeness (QED) is 0.751. The van der Waals surface area contributed by atoms with E-state index in [0.29, 0.717) is 18.9 Å². The van der Waals surface area contributed by atoms with E-state index >= 15 is 0 Å². The van der Waals surface area contributed by atoms with Gasteiger partial charge in [0.2, 0.25) is 5.91 Å². The zero-order chi connectivity index (χ0) is 16.7. The number of hydrogen-bond acceptors (Lipinski definition) is 5. The molecule has 0 fully saturated rings. The van der Waals surface area contributed by atoms with Crippen molar-refractivity contribution in [2.24, 2.45) is 0 Å². The van der Waals surface area contributed by atoms with Crippen LogP contribution in [0.1, 0.15) is 31.0 Å². The molecule has 0 aliphatic rings. The van der Waals surface area contributed by atoms with Crippen molar-refractivity contribution in [1.82, 2.24) is 20.1 Å². The first kappa shape index (κ1) is 17.5. The van der Waals surface area contributed by atoms with E-state index in [1.807, 2.05) is 28.8 Å². The van der Waals surface area contributed by atoms with Crippen LogP contribution >= 0.6 is 11.8 Å². The van der Waals surface area contributed by atoms with Crippen LogP contribution in [0.15, 0.2) is 35.7 Å². The molecule has 0 saturated heterocycles. The number of thioether (sulfide) groups is 1. The lowest BCUT2D eigenvalue weighted by Gasteiger charge is -2.11. The summed E-state index contributed by atoms with van der Waals surface area (Å²) in [5, 5.41) is 11.6. The molecular weight excluding hydrogens is 312 g/mol. The van der Waals surface area contributed by atoms with E-state index in [1.54, 1.807) is 13.4 Å². The molecule has 1 heterocycles. The molecular formula is C16H22N4O2S. The minimum Gasteiger partial charge on any atom is -0.380 e. The number of hydrogen-bond donors (Lipinski definition) is 1. The summed E-state index contributed by atoms with van der Waals surface area (Å²) in [5.41, 5.74) is 2.15. The molecule has 0 aliphatic carbocycles. The van der Waals surface area contributed by atoms with Gasteiger partial charge in [0, 0.05) is 19.7 Å². The molecule has 0 bridgehead atoms. The van der Waals surface area contributed by atoms with E-state index in [-0.39, 0.29) is 11.9 Å². The van der Waals surface area contributed by atoms with E-state index in [4.69, 9.17) is 4.74 Å². The van der Waals surface area contributed by atoms with Crippen molar-refractivity contribution in [3.05, 3.63) is 41.7 Å². The van der Waals surface area contributed by atoms with E-state index < -0.39 is 0 Å². The third-order valence-electron chi connectivity index (χ3n) is 3.32. The lowest BCUT2D eigenvalue weighted by molar-refractivity contribution is -0.118. The second kappa shape index (κ2) is 8.69. The zero-order valence-electron chi connectivity index (χ0n) is 13.7. The lowest BCUT2D eigenvalue weighted by Crippen LogP contribution is -2.25. The van der Waals surface area contributed by atoms with Crippen LogP contribution < -0.4 is 5.32 Å². The molecule has 7 heteroatoms. The average Bonchev–Trinajstić information content (AvgIpc) is 3.01. The standard InChI is InChI=1S/C16H22N4O2S/c1-12(2)20-11-18-19-16(20)23-10-15(21)17-8-13-6-4-5-7-14(13)9-22-3/h4-7,11-12H,8-10H2,1-3H3,(H,17,21). The molecule has 0 radical (unpaired) electrons. The molecule has 23 heavy (non-hydrogen) atoms. The molecule has 6 nitrogen and oxygen atoms in total.